The van der Waals surface area contributed by atoms with Crippen LogP contribution < -0.4 is 0 Å². The van der Waals surface area contributed by atoms with Crippen LogP contribution in [0.5, 0.6) is 0 Å². The standard InChI is InChI=1S/C17H15ClF6O2/c1-7-4-10(19)8(14(21)13(7)20)6-26-15(25)12-9(16(12,2)3)5-11(18)17(22,23)24/h4-5,9,12H,6H2,1-3H3/b11-5-. The van der Waals surface area contributed by atoms with Gasteiger partial charge < -0.3 is 4.74 Å². The minimum absolute atomic E-state index is 0.245. The Morgan fingerprint density at radius 1 is 1.27 bits per heavy atom. The molecule has 0 bridgehead atoms. The predicted molar refractivity (Wildman–Crippen MR) is 81.6 cm³/mol. The average Bonchev–Trinajstić information content (AvgIpc) is 3.04. The lowest BCUT2D eigenvalue weighted by molar-refractivity contribution is -0.147. The van der Waals surface area contributed by atoms with Gasteiger partial charge in [-0.25, -0.2) is 13.2 Å². The Morgan fingerprint density at radius 3 is 2.38 bits per heavy atom. The summed E-state index contributed by atoms with van der Waals surface area (Å²) >= 11 is 5.18. The van der Waals surface area contributed by atoms with E-state index in [4.69, 9.17) is 16.3 Å². The maximum Gasteiger partial charge on any atom is 0.426 e. The lowest BCUT2D eigenvalue weighted by Gasteiger charge is -2.09. The van der Waals surface area contributed by atoms with Crippen LogP contribution in [-0.2, 0) is 16.1 Å². The van der Waals surface area contributed by atoms with Crippen LogP contribution in [0.25, 0.3) is 0 Å². The highest BCUT2D eigenvalue weighted by atomic mass is 35.5. The molecule has 0 radical (unpaired) electrons. The molecule has 144 valence electrons. The molecule has 2 unspecified atom stereocenters. The monoisotopic (exact) mass is 400 g/mol. The van der Waals surface area contributed by atoms with Crippen molar-refractivity contribution in [2.24, 2.45) is 17.3 Å². The molecule has 2 atom stereocenters. The molecule has 0 N–H and O–H groups in total. The first-order valence-corrected chi connectivity index (χ1v) is 7.90. The molecule has 1 aromatic rings. The molecular formula is C17H15ClF6O2. The summed E-state index contributed by atoms with van der Waals surface area (Å²) in [7, 11) is 0. The molecule has 26 heavy (non-hydrogen) atoms. The van der Waals surface area contributed by atoms with Crippen LogP contribution in [-0.4, -0.2) is 12.1 Å². The van der Waals surface area contributed by atoms with Gasteiger partial charge in [0.1, 0.15) is 17.5 Å². The maximum absolute atomic E-state index is 13.8. The van der Waals surface area contributed by atoms with Crippen LogP contribution in [0.2, 0.25) is 0 Å². The van der Waals surface area contributed by atoms with Crippen LogP contribution in [0.1, 0.15) is 25.0 Å². The molecule has 0 saturated heterocycles. The van der Waals surface area contributed by atoms with Gasteiger partial charge in [-0.05, 0) is 29.9 Å². The van der Waals surface area contributed by atoms with Crippen LogP contribution in [0.15, 0.2) is 17.2 Å². The smallest absolute Gasteiger partial charge is 0.426 e. The second kappa shape index (κ2) is 6.79. The van der Waals surface area contributed by atoms with Crippen molar-refractivity contribution >= 4 is 17.6 Å². The number of esters is 1. The van der Waals surface area contributed by atoms with Crippen molar-refractivity contribution < 1.29 is 35.9 Å². The number of ether oxygens (including phenoxy) is 1. The Bertz CT molecular complexity index is 769. The van der Waals surface area contributed by atoms with Gasteiger partial charge in [-0.2, -0.15) is 13.2 Å². The van der Waals surface area contributed by atoms with Crippen LogP contribution in [0, 0.1) is 41.6 Å². The van der Waals surface area contributed by atoms with Gasteiger partial charge in [0, 0.05) is 0 Å². The van der Waals surface area contributed by atoms with Crippen molar-refractivity contribution in [1.29, 1.82) is 0 Å². The van der Waals surface area contributed by atoms with Crippen molar-refractivity contribution in [1.82, 2.24) is 0 Å². The zero-order valence-corrected chi connectivity index (χ0v) is 14.7. The summed E-state index contributed by atoms with van der Waals surface area (Å²) in [4.78, 5) is 12.1. The van der Waals surface area contributed by atoms with Crippen LogP contribution >= 0.6 is 11.6 Å². The first-order valence-electron chi connectivity index (χ1n) is 7.52. The highest BCUT2D eigenvalue weighted by Gasteiger charge is 2.62. The molecule has 1 aromatic carbocycles. The van der Waals surface area contributed by atoms with E-state index in [1.54, 1.807) is 0 Å². The molecule has 0 aromatic heterocycles. The number of halogens is 7. The minimum Gasteiger partial charge on any atom is -0.460 e. The lowest BCUT2D eigenvalue weighted by atomic mass is 10.1. The van der Waals surface area contributed by atoms with Crippen LogP contribution in [0.4, 0.5) is 26.3 Å². The number of allylic oxidation sites excluding steroid dienone is 2. The van der Waals surface area contributed by atoms with Gasteiger partial charge >= 0.3 is 12.1 Å². The SMILES string of the molecule is Cc1cc(F)c(COC(=O)C2C(/C=C(\Cl)C(F)(F)F)C2(C)C)c(F)c1F. The van der Waals surface area contributed by atoms with Crippen molar-refractivity contribution in [3.8, 4) is 0 Å². The number of hydrogen-bond donors (Lipinski definition) is 0. The van der Waals surface area contributed by atoms with Gasteiger partial charge in [-0.3, -0.25) is 4.79 Å². The Balaban J connectivity index is 2.11. The number of benzene rings is 1. The van der Waals surface area contributed by atoms with Gasteiger partial charge in [0.15, 0.2) is 11.6 Å². The zero-order chi connectivity index (χ0) is 20.0. The van der Waals surface area contributed by atoms with Gasteiger partial charge in [-0.1, -0.05) is 31.5 Å². The first kappa shape index (κ1) is 20.6. The molecule has 1 aliphatic rings. The summed E-state index contributed by atoms with van der Waals surface area (Å²) in [6, 6.07) is 0.761. The Morgan fingerprint density at radius 2 is 1.85 bits per heavy atom. The van der Waals surface area contributed by atoms with E-state index in [2.05, 4.69) is 0 Å². The Kier molecular flexibility index (Phi) is 5.38. The quantitative estimate of drug-likeness (QED) is 0.383. The third-order valence-corrected chi connectivity index (χ3v) is 4.90. The summed E-state index contributed by atoms with van der Waals surface area (Å²) in [5.41, 5.74) is -1.87. The zero-order valence-electron chi connectivity index (χ0n) is 14.0. The molecule has 1 fully saturated rings. The molecule has 0 spiro atoms. The van der Waals surface area contributed by atoms with E-state index in [0.29, 0.717) is 0 Å². The maximum atomic E-state index is 13.8. The number of alkyl halides is 3. The molecule has 2 rings (SSSR count). The molecular weight excluding hydrogens is 386 g/mol. The van der Waals surface area contributed by atoms with Gasteiger partial charge in [0.25, 0.3) is 0 Å². The number of carbonyl (C=O) groups excluding carboxylic acids is 1. The van der Waals surface area contributed by atoms with E-state index in [0.717, 1.165) is 12.1 Å². The van der Waals surface area contributed by atoms with Crippen molar-refractivity contribution in [2.75, 3.05) is 0 Å². The van der Waals surface area contributed by atoms with Crippen molar-refractivity contribution in [2.45, 2.75) is 33.6 Å². The third-order valence-electron chi connectivity index (χ3n) is 4.56. The number of aryl methyl sites for hydroxylation is 1. The van der Waals surface area contributed by atoms with E-state index in [9.17, 15) is 31.1 Å². The van der Waals surface area contributed by atoms with Crippen molar-refractivity contribution in [3.05, 3.63) is 45.8 Å². The molecule has 1 aliphatic carbocycles. The summed E-state index contributed by atoms with van der Waals surface area (Å²) in [5, 5.41) is -1.36. The van der Waals surface area contributed by atoms with Crippen LogP contribution in [0.3, 0.4) is 0 Å². The second-order valence-corrected chi connectivity index (χ2v) is 7.13. The summed E-state index contributed by atoms with van der Waals surface area (Å²) < 4.78 is 83.3. The fraction of sp³-hybridized carbons (Fsp3) is 0.471. The average molecular weight is 401 g/mol. The normalized spacial score (nSPS) is 22.3. The van der Waals surface area contributed by atoms with E-state index in [1.165, 1.54) is 20.8 Å². The molecule has 0 aliphatic heterocycles. The highest BCUT2D eigenvalue weighted by molar-refractivity contribution is 6.30. The predicted octanol–water partition coefficient (Wildman–Crippen LogP) is 5.41. The Hall–Kier alpha value is -1.70. The Labute approximate surface area is 150 Å². The fourth-order valence-corrected chi connectivity index (χ4v) is 2.94. The first-order chi connectivity index (χ1) is 11.8. The second-order valence-electron chi connectivity index (χ2n) is 6.73. The van der Waals surface area contributed by atoms with Gasteiger partial charge in [-0.15, -0.1) is 0 Å². The lowest BCUT2D eigenvalue weighted by Crippen LogP contribution is -2.13. The topological polar surface area (TPSA) is 26.3 Å². The summed E-state index contributed by atoms with van der Waals surface area (Å²) in [6.45, 7) is 3.37. The van der Waals surface area contributed by atoms with E-state index < -0.39 is 64.1 Å². The molecule has 1 saturated carbocycles. The van der Waals surface area contributed by atoms with E-state index >= 15 is 0 Å². The molecule has 0 heterocycles. The minimum atomic E-state index is -4.74. The number of hydrogen-bond acceptors (Lipinski definition) is 2. The van der Waals surface area contributed by atoms with Gasteiger partial charge in [0.2, 0.25) is 0 Å². The van der Waals surface area contributed by atoms with Crippen molar-refractivity contribution in [3.63, 3.8) is 0 Å². The molecule has 0 amide bonds. The number of carbonyl (C=O) groups is 1. The molecule has 2 nitrogen and oxygen atoms in total. The summed E-state index contributed by atoms with van der Waals surface area (Å²) in [5.74, 6) is -6.55. The number of rotatable bonds is 4. The molecule has 9 heteroatoms. The largest absolute Gasteiger partial charge is 0.460 e. The van der Waals surface area contributed by atoms with Gasteiger partial charge in [0.05, 0.1) is 11.5 Å². The third kappa shape index (κ3) is 3.84. The fourth-order valence-electron chi connectivity index (χ4n) is 2.81. The van der Waals surface area contributed by atoms with E-state index in [1.807, 2.05) is 0 Å². The highest BCUT2D eigenvalue weighted by Crippen LogP contribution is 2.60. The van der Waals surface area contributed by atoms with E-state index in [-0.39, 0.29) is 5.56 Å². The summed E-state index contributed by atoms with van der Waals surface area (Å²) in [6.07, 6.45) is -4.01.